The number of nitrogens with zero attached hydrogens (tertiary/aromatic N) is 1. The van der Waals surface area contributed by atoms with Crippen LogP contribution in [-0.2, 0) is 4.74 Å². The van der Waals surface area contributed by atoms with Crippen LogP contribution < -0.4 is 5.32 Å². The van der Waals surface area contributed by atoms with Crippen molar-refractivity contribution in [3.05, 3.63) is 51.5 Å². The van der Waals surface area contributed by atoms with E-state index in [-0.39, 0.29) is 5.91 Å². The van der Waals surface area contributed by atoms with Gasteiger partial charge in [0, 0.05) is 15.8 Å². The highest BCUT2D eigenvalue weighted by molar-refractivity contribution is 7.98. The fraction of sp³-hybridized carbons (Fsp3) is 0.118. The summed E-state index contributed by atoms with van der Waals surface area (Å²) < 4.78 is 4.64. The molecule has 1 aromatic carbocycles. The molecule has 2 heterocycles. The number of benzene rings is 1. The van der Waals surface area contributed by atoms with E-state index < -0.39 is 5.97 Å². The molecule has 1 N–H and O–H groups in total. The number of rotatable bonds is 5. The highest BCUT2D eigenvalue weighted by Crippen LogP contribution is 2.27. The first-order valence-electron chi connectivity index (χ1n) is 7.20. The molecule has 0 fully saturated rings. The number of carbonyl (C=O) groups excluding carboxylic acids is 2. The Kier molecular flexibility index (Phi) is 5.52. The van der Waals surface area contributed by atoms with Gasteiger partial charge in [-0.2, -0.15) is 0 Å². The van der Waals surface area contributed by atoms with Gasteiger partial charge < -0.3 is 4.74 Å². The number of amides is 1. The zero-order chi connectivity index (χ0) is 17.8. The molecule has 0 atom stereocenters. The number of hydrogen-bond donors (Lipinski definition) is 1. The van der Waals surface area contributed by atoms with Crippen molar-refractivity contribution >= 4 is 51.4 Å². The first-order valence-corrected chi connectivity index (χ1v) is 10.1. The van der Waals surface area contributed by atoms with Crippen LogP contribution in [0.15, 0.2) is 46.7 Å². The van der Waals surface area contributed by atoms with Crippen molar-refractivity contribution in [2.45, 2.75) is 4.90 Å². The molecule has 0 saturated carbocycles. The maximum atomic E-state index is 12.3. The molecule has 0 radical (unpaired) electrons. The Morgan fingerprint density at radius 2 is 1.84 bits per heavy atom. The van der Waals surface area contributed by atoms with Gasteiger partial charge in [0.1, 0.15) is 4.88 Å². The van der Waals surface area contributed by atoms with Crippen LogP contribution in [0, 0.1) is 0 Å². The first kappa shape index (κ1) is 17.7. The van der Waals surface area contributed by atoms with E-state index in [0.29, 0.717) is 14.9 Å². The standard InChI is InChI=1S/C17H14N2O3S3/c1-22-16(21)14-8-7-13(25-14)15(20)19-17-18-12(9-24-17)10-3-5-11(23-2)6-4-10/h3-9H,1-2H3,(H,18,19,20). The fourth-order valence-electron chi connectivity index (χ4n) is 2.05. The van der Waals surface area contributed by atoms with Gasteiger partial charge >= 0.3 is 5.97 Å². The Balaban J connectivity index is 1.71. The Morgan fingerprint density at radius 1 is 1.12 bits per heavy atom. The zero-order valence-electron chi connectivity index (χ0n) is 13.4. The minimum absolute atomic E-state index is 0.293. The molecule has 128 valence electrons. The van der Waals surface area contributed by atoms with E-state index in [0.717, 1.165) is 22.6 Å². The number of nitrogens with one attached hydrogen (secondary N) is 1. The maximum absolute atomic E-state index is 12.3. The van der Waals surface area contributed by atoms with Crippen molar-refractivity contribution in [3.8, 4) is 11.3 Å². The van der Waals surface area contributed by atoms with E-state index in [1.807, 2.05) is 35.9 Å². The summed E-state index contributed by atoms with van der Waals surface area (Å²) in [5.41, 5.74) is 1.81. The van der Waals surface area contributed by atoms with E-state index >= 15 is 0 Å². The van der Waals surface area contributed by atoms with Crippen LogP contribution in [0.4, 0.5) is 5.13 Å². The van der Waals surface area contributed by atoms with Crippen LogP contribution in [0.2, 0.25) is 0 Å². The molecule has 2 aromatic heterocycles. The Morgan fingerprint density at radius 3 is 2.52 bits per heavy atom. The molecule has 3 rings (SSSR count). The molecule has 0 saturated heterocycles. The van der Waals surface area contributed by atoms with Gasteiger partial charge in [-0.25, -0.2) is 9.78 Å². The van der Waals surface area contributed by atoms with Crippen molar-refractivity contribution in [3.63, 3.8) is 0 Å². The second-order valence-electron chi connectivity index (χ2n) is 4.88. The molecular formula is C17H14N2O3S3. The molecule has 0 spiro atoms. The largest absolute Gasteiger partial charge is 0.465 e. The smallest absolute Gasteiger partial charge is 0.348 e. The van der Waals surface area contributed by atoms with Crippen LogP contribution in [0.25, 0.3) is 11.3 Å². The second kappa shape index (κ2) is 7.81. The molecule has 0 aliphatic heterocycles. The van der Waals surface area contributed by atoms with Crippen LogP contribution in [0.1, 0.15) is 19.3 Å². The van der Waals surface area contributed by atoms with E-state index in [1.54, 1.807) is 23.9 Å². The third-order valence-electron chi connectivity index (χ3n) is 3.33. The number of ether oxygens (including phenoxy) is 1. The predicted molar refractivity (Wildman–Crippen MR) is 103 cm³/mol. The molecule has 1 amide bonds. The summed E-state index contributed by atoms with van der Waals surface area (Å²) >= 11 is 4.13. The number of thioether (sulfide) groups is 1. The second-order valence-corrected chi connectivity index (χ2v) is 7.70. The molecule has 0 unspecified atom stereocenters. The highest BCUT2D eigenvalue weighted by Gasteiger charge is 2.15. The van der Waals surface area contributed by atoms with Gasteiger partial charge in [-0.05, 0) is 30.5 Å². The number of esters is 1. The van der Waals surface area contributed by atoms with Crippen molar-refractivity contribution in [2.24, 2.45) is 0 Å². The molecule has 8 heteroatoms. The Hall–Kier alpha value is -2.16. The van der Waals surface area contributed by atoms with Gasteiger partial charge in [0.25, 0.3) is 5.91 Å². The number of anilines is 1. The van der Waals surface area contributed by atoms with Crippen LogP contribution in [0.5, 0.6) is 0 Å². The lowest BCUT2D eigenvalue weighted by Gasteiger charge is -2.00. The first-order chi connectivity index (χ1) is 12.1. The lowest BCUT2D eigenvalue weighted by molar-refractivity contribution is 0.0606. The number of thiophene rings is 1. The number of carbonyl (C=O) groups is 2. The van der Waals surface area contributed by atoms with E-state index in [2.05, 4.69) is 15.0 Å². The molecule has 25 heavy (non-hydrogen) atoms. The SMILES string of the molecule is COC(=O)c1ccc(C(=O)Nc2nc(-c3ccc(SC)cc3)cs2)s1. The quantitative estimate of drug-likeness (QED) is 0.508. The van der Waals surface area contributed by atoms with Gasteiger partial charge in [0.15, 0.2) is 5.13 Å². The number of thiazole rings is 1. The van der Waals surface area contributed by atoms with Crippen LogP contribution in [-0.4, -0.2) is 30.2 Å². The summed E-state index contributed by atoms with van der Waals surface area (Å²) in [6.45, 7) is 0. The van der Waals surface area contributed by atoms with Crippen molar-refractivity contribution in [1.82, 2.24) is 4.98 Å². The summed E-state index contributed by atoms with van der Waals surface area (Å²) in [5, 5.41) is 5.18. The average Bonchev–Trinajstić information content (AvgIpc) is 3.31. The summed E-state index contributed by atoms with van der Waals surface area (Å²) in [7, 11) is 1.31. The summed E-state index contributed by atoms with van der Waals surface area (Å²) in [6, 6.07) is 11.3. The summed E-state index contributed by atoms with van der Waals surface area (Å²) in [6.07, 6.45) is 2.03. The molecular weight excluding hydrogens is 376 g/mol. The van der Waals surface area contributed by atoms with E-state index in [4.69, 9.17) is 0 Å². The van der Waals surface area contributed by atoms with Gasteiger partial charge in [0.2, 0.25) is 0 Å². The third kappa shape index (κ3) is 4.09. The lowest BCUT2D eigenvalue weighted by atomic mass is 10.2. The third-order valence-corrected chi connectivity index (χ3v) is 5.89. The topological polar surface area (TPSA) is 68.3 Å². The molecule has 0 aliphatic rings. The van der Waals surface area contributed by atoms with Crippen LogP contribution in [0.3, 0.4) is 0 Å². The average molecular weight is 391 g/mol. The van der Waals surface area contributed by atoms with E-state index in [9.17, 15) is 9.59 Å². The number of methoxy groups -OCH3 is 1. The number of aromatic nitrogens is 1. The van der Waals surface area contributed by atoms with Crippen molar-refractivity contribution in [1.29, 1.82) is 0 Å². The maximum Gasteiger partial charge on any atom is 0.348 e. The van der Waals surface area contributed by atoms with E-state index in [1.165, 1.54) is 23.3 Å². The summed E-state index contributed by atoms with van der Waals surface area (Å²) in [4.78, 5) is 30.2. The van der Waals surface area contributed by atoms with Crippen molar-refractivity contribution < 1.29 is 14.3 Å². The van der Waals surface area contributed by atoms with Crippen molar-refractivity contribution in [2.75, 3.05) is 18.7 Å². The van der Waals surface area contributed by atoms with Gasteiger partial charge in [0.05, 0.1) is 17.7 Å². The molecule has 3 aromatic rings. The Labute approximate surface area is 157 Å². The minimum atomic E-state index is -0.450. The lowest BCUT2D eigenvalue weighted by Crippen LogP contribution is -2.09. The fourth-order valence-corrected chi connectivity index (χ4v) is 4.00. The monoisotopic (exact) mass is 390 g/mol. The zero-order valence-corrected chi connectivity index (χ0v) is 15.9. The van der Waals surface area contributed by atoms with Gasteiger partial charge in [-0.15, -0.1) is 34.4 Å². The molecule has 5 nitrogen and oxygen atoms in total. The Bertz CT molecular complexity index is 900. The normalized spacial score (nSPS) is 10.5. The molecule has 0 bridgehead atoms. The highest BCUT2D eigenvalue weighted by atomic mass is 32.2. The van der Waals surface area contributed by atoms with Crippen LogP contribution >= 0.6 is 34.4 Å². The molecule has 0 aliphatic carbocycles. The summed E-state index contributed by atoms with van der Waals surface area (Å²) in [5.74, 6) is -0.743. The van der Waals surface area contributed by atoms with Gasteiger partial charge in [-0.3, -0.25) is 10.1 Å². The van der Waals surface area contributed by atoms with Gasteiger partial charge in [-0.1, -0.05) is 12.1 Å². The minimum Gasteiger partial charge on any atom is -0.465 e. The number of hydrogen-bond acceptors (Lipinski definition) is 7. The predicted octanol–water partition coefficient (Wildman–Crippen LogP) is 4.63.